The van der Waals surface area contributed by atoms with Crippen LogP contribution in [0.25, 0.3) is 11.4 Å². The normalized spacial score (nSPS) is 27.9. The molecule has 2 aromatic heterocycles. The van der Waals surface area contributed by atoms with Crippen LogP contribution in [0.1, 0.15) is 11.1 Å². The van der Waals surface area contributed by atoms with Gasteiger partial charge in [0.15, 0.2) is 5.13 Å². The molecule has 1 aliphatic rings. The highest BCUT2D eigenvalue weighted by Gasteiger charge is 2.60. The van der Waals surface area contributed by atoms with E-state index in [1.807, 2.05) is 0 Å². The number of ether oxygens (including phenoxy) is 2. The van der Waals surface area contributed by atoms with Crippen molar-refractivity contribution in [1.29, 1.82) is 5.26 Å². The molecule has 1 saturated heterocycles. The molecule has 5 atom stereocenters. The van der Waals surface area contributed by atoms with Crippen LogP contribution in [0.4, 0.5) is 5.13 Å². The summed E-state index contributed by atoms with van der Waals surface area (Å²) in [7, 11) is 1.42. The molecule has 1 unspecified atom stereocenters. The number of benzene rings is 1. The third-order valence-electron chi connectivity index (χ3n) is 5.43. The van der Waals surface area contributed by atoms with Crippen molar-refractivity contribution in [1.82, 2.24) is 20.0 Å². The van der Waals surface area contributed by atoms with E-state index in [9.17, 15) is 15.5 Å². The number of thiol groups is 1. The zero-order chi connectivity index (χ0) is 23.0. The first-order chi connectivity index (χ1) is 15.4. The number of hydrogen-bond donors (Lipinski definition) is 4. The summed E-state index contributed by atoms with van der Waals surface area (Å²) in [4.78, 5) is 4.22. The Balaban J connectivity index is 2.03. The first-order valence-electron chi connectivity index (χ1n) is 9.36. The minimum absolute atomic E-state index is 0.226. The number of anilines is 1. The van der Waals surface area contributed by atoms with E-state index in [4.69, 9.17) is 26.8 Å². The van der Waals surface area contributed by atoms with Crippen molar-refractivity contribution in [2.75, 3.05) is 19.5 Å². The van der Waals surface area contributed by atoms with Crippen molar-refractivity contribution in [3.05, 3.63) is 45.9 Å². The number of rotatable bonds is 5. The maximum atomic E-state index is 11.5. The standard InChI is InChI=1S/C19H19ClN6O4S2/c1-29-16-17(31)30-14(7-27)15(28)19(16,11-4-10(20)3-2-9(11)5-21)26-6-12(24-25-26)13-8-32-18(22)23-13/h2-4,6,8,14-17,27-28,31H,7H2,1H3,(H2,22,23)/t14-,15+,16+,17-,19?/m1/s1. The molecule has 3 heterocycles. The number of nitrogens with two attached hydrogens (primary N) is 1. The molecular weight excluding hydrogens is 476 g/mol. The summed E-state index contributed by atoms with van der Waals surface area (Å²) in [6.07, 6.45) is -1.87. The SMILES string of the molecule is CO[C@H]1[C@@H](S)O[C@H](CO)[C@H](O)C1(c1cc(Cl)ccc1C#N)n1cc(-c2csc(N)n2)nn1. The topological polar surface area (TPSA) is 152 Å². The molecule has 1 fully saturated rings. The minimum atomic E-state index is -1.57. The third kappa shape index (κ3) is 3.56. The van der Waals surface area contributed by atoms with Gasteiger partial charge >= 0.3 is 0 Å². The fraction of sp³-hybridized carbons (Fsp3) is 0.368. The second-order valence-electron chi connectivity index (χ2n) is 7.10. The number of methoxy groups -OCH3 is 1. The highest BCUT2D eigenvalue weighted by molar-refractivity contribution is 7.80. The predicted octanol–water partition coefficient (Wildman–Crippen LogP) is 1.28. The second-order valence-corrected chi connectivity index (χ2v) is 8.93. The van der Waals surface area contributed by atoms with Gasteiger partial charge in [-0.2, -0.15) is 5.26 Å². The molecular formula is C19H19ClN6O4S2. The number of nitrogens with zero attached hydrogens (tertiary/aromatic N) is 5. The van der Waals surface area contributed by atoms with E-state index in [0.717, 1.165) is 0 Å². The average molecular weight is 495 g/mol. The van der Waals surface area contributed by atoms with Crippen LogP contribution in [0, 0.1) is 11.3 Å². The Morgan fingerprint density at radius 2 is 2.25 bits per heavy atom. The van der Waals surface area contributed by atoms with Gasteiger partial charge in [-0.15, -0.1) is 29.1 Å². The van der Waals surface area contributed by atoms with Crippen molar-refractivity contribution >= 4 is 40.7 Å². The molecule has 3 aromatic rings. The van der Waals surface area contributed by atoms with E-state index >= 15 is 0 Å². The molecule has 10 nitrogen and oxygen atoms in total. The first-order valence-corrected chi connectivity index (χ1v) is 11.1. The molecule has 0 bridgehead atoms. The van der Waals surface area contributed by atoms with Crippen molar-refractivity contribution in [2.45, 2.75) is 29.3 Å². The fourth-order valence-electron chi connectivity index (χ4n) is 4.05. The van der Waals surface area contributed by atoms with Crippen LogP contribution in [0.15, 0.2) is 29.8 Å². The second kappa shape index (κ2) is 8.95. The highest BCUT2D eigenvalue weighted by atomic mass is 35.5. The summed E-state index contributed by atoms with van der Waals surface area (Å²) in [5, 5.41) is 42.1. The van der Waals surface area contributed by atoms with Crippen LogP contribution in [0.5, 0.6) is 0 Å². The van der Waals surface area contributed by atoms with E-state index in [0.29, 0.717) is 27.1 Å². The molecule has 0 aliphatic carbocycles. The van der Waals surface area contributed by atoms with Crippen LogP contribution in [-0.2, 0) is 15.0 Å². The minimum Gasteiger partial charge on any atom is -0.394 e. The number of aliphatic hydroxyl groups is 2. The number of aliphatic hydroxyl groups excluding tert-OH is 2. The zero-order valence-electron chi connectivity index (χ0n) is 16.7. The van der Waals surface area contributed by atoms with Crippen LogP contribution in [-0.4, -0.2) is 67.7 Å². The Bertz CT molecular complexity index is 1170. The molecule has 4 rings (SSSR count). The molecule has 4 N–H and O–H groups in total. The van der Waals surface area contributed by atoms with Gasteiger partial charge < -0.3 is 25.4 Å². The quantitative estimate of drug-likeness (QED) is 0.384. The van der Waals surface area contributed by atoms with Crippen molar-refractivity contribution in [3.63, 3.8) is 0 Å². The summed E-state index contributed by atoms with van der Waals surface area (Å²) >= 11 is 12.0. The summed E-state index contributed by atoms with van der Waals surface area (Å²) in [6.45, 7) is -0.511. The lowest BCUT2D eigenvalue weighted by molar-refractivity contribution is -0.213. The molecule has 0 spiro atoms. The van der Waals surface area contributed by atoms with Gasteiger partial charge in [0.1, 0.15) is 40.7 Å². The largest absolute Gasteiger partial charge is 0.394 e. The van der Waals surface area contributed by atoms with Crippen LogP contribution < -0.4 is 5.73 Å². The van der Waals surface area contributed by atoms with Gasteiger partial charge in [0.05, 0.1) is 24.4 Å². The van der Waals surface area contributed by atoms with Gasteiger partial charge in [0, 0.05) is 23.1 Å². The van der Waals surface area contributed by atoms with Crippen molar-refractivity contribution in [2.24, 2.45) is 0 Å². The van der Waals surface area contributed by atoms with Gasteiger partial charge in [-0.3, -0.25) is 0 Å². The van der Waals surface area contributed by atoms with Gasteiger partial charge in [0.2, 0.25) is 0 Å². The van der Waals surface area contributed by atoms with Gasteiger partial charge in [-0.05, 0) is 18.2 Å². The Hall–Kier alpha value is -2.24. The molecule has 168 valence electrons. The Morgan fingerprint density at radius 1 is 1.47 bits per heavy atom. The maximum Gasteiger partial charge on any atom is 0.180 e. The van der Waals surface area contributed by atoms with E-state index in [-0.39, 0.29) is 5.56 Å². The molecule has 32 heavy (non-hydrogen) atoms. The number of aromatic nitrogens is 4. The number of halogens is 1. The van der Waals surface area contributed by atoms with Crippen LogP contribution in [0.3, 0.4) is 0 Å². The molecule has 1 aliphatic heterocycles. The number of hydrogen-bond acceptors (Lipinski definition) is 11. The number of nitrogen functional groups attached to an aromatic ring is 1. The lowest BCUT2D eigenvalue weighted by Gasteiger charge is -2.51. The highest BCUT2D eigenvalue weighted by Crippen LogP contribution is 2.45. The maximum absolute atomic E-state index is 11.5. The Labute approximate surface area is 197 Å². The van der Waals surface area contributed by atoms with E-state index in [1.54, 1.807) is 23.7 Å². The average Bonchev–Trinajstić information content (AvgIpc) is 3.44. The lowest BCUT2D eigenvalue weighted by Crippen LogP contribution is -2.68. The Morgan fingerprint density at radius 3 is 2.88 bits per heavy atom. The van der Waals surface area contributed by atoms with E-state index < -0.39 is 35.9 Å². The smallest absolute Gasteiger partial charge is 0.180 e. The Kier molecular flexibility index (Phi) is 6.42. The summed E-state index contributed by atoms with van der Waals surface area (Å²) < 4.78 is 12.8. The first kappa shape index (κ1) is 22.9. The van der Waals surface area contributed by atoms with Crippen LogP contribution in [0.2, 0.25) is 5.02 Å². The third-order valence-corrected chi connectivity index (χ3v) is 6.74. The zero-order valence-corrected chi connectivity index (χ0v) is 19.1. The van der Waals surface area contributed by atoms with Crippen LogP contribution >= 0.6 is 35.6 Å². The van der Waals surface area contributed by atoms with Gasteiger partial charge in [-0.25, -0.2) is 9.67 Å². The molecule has 0 amide bonds. The lowest BCUT2D eigenvalue weighted by atomic mass is 9.74. The van der Waals surface area contributed by atoms with Crippen molar-refractivity contribution < 1.29 is 19.7 Å². The summed E-state index contributed by atoms with van der Waals surface area (Å²) in [6, 6.07) is 6.78. The fourth-order valence-corrected chi connectivity index (χ4v) is 5.28. The summed E-state index contributed by atoms with van der Waals surface area (Å²) in [5.74, 6) is 0. The molecule has 1 aromatic carbocycles. The van der Waals surface area contributed by atoms with Crippen molar-refractivity contribution in [3.8, 4) is 17.5 Å². The molecule has 0 radical (unpaired) electrons. The van der Waals surface area contributed by atoms with Gasteiger partial charge in [-0.1, -0.05) is 16.8 Å². The molecule has 13 heteroatoms. The van der Waals surface area contributed by atoms with Gasteiger partial charge in [0.25, 0.3) is 0 Å². The van der Waals surface area contributed by atoms with E-state index in [2.05, 4.69) is 34.0 Å². The monoisotopic (exact) mass is 494 g/mol. The number of thiazole rings is 1. The number of nitriles is 1. The predicted molar refractivity (Wildman–Crippen MR) is 120 cm³/mol. The molecule has 0 saturated carbocycles. The summed E-state index contributed by atoms with van der Waals surface area (Å²) in [5.41, 5.74) is 4.71. The van der Waals surface area contributed by atoms with E-state index in [1.165, 1.54) is 29.2 Å².